The van der Waals surface area contributed by atoms with Crippen molar-refractivity contribution >= 4 is 17.4 Å². The molecule has 0 bridgehead atoms. The molecule has 1 saturated heterocycles. The first-order valence-corrected chi connectivity index (χ1v) is 10.8. The summed E-state index contributed by atoms with van der Waals surface area (Å²) in [5, 5.41) is 13.1. The fourth-order valence-corrected chi connectivity index (χ4v) is 4.59. The van der Waals surface area contributed by atoms with Crippen LogP contribution in [-0.4, -0.2) is 42.3 Å². The number of aromatic nitrogens is 6. The van der Waals surface area contributed by atoms with Crippen LogP contribution in [0.3, 0.4) is 0 Å². The second-order valence-electron chi connectivity index (χ2n) is 7.28. The Morgan fingerprint density at radius 2 is 2.07 bits per heavy atom. The molecule has 3 aromatic heterocycles. The topological polar surface area (TPSA) is 70.1 Å². The number of thioether (sulfide) groups is 1. The number of rotatable bonds is 6. The molecule has 0 amide bonds. The maximum atomic E-state index is 5.74. The summed E-state index contributed by atoms with van der Waals surface area (Å²) in [6, 6.07) is 14.5. The summed E-state index contributed by atoms with van der Waals surface area (Å²) in [4.78, 5) is 4.90. The number of fused-ring (bicyclic) bond motifs is 1. The molecule has 1 aliphatic rings. The van der Waals surface area contributed by atoms with Crippen LogP contribution in [0.1, 0.15) is 24.1 Å². The standard InChI is InChI=1S/C21H22N6OS/c1-15-9-10-19-22-20(16-6-3-2-4-7-16)18(26(19)12-15)14-29-21-23-24-25-27(21)13-17-8-5-11-28-17/h2-4,6-7,9-10,12,17H,5,8,11,13-14H2,1H3/t17-/m1/s1. The van der Waals surface area contributed by atoms with E-state index >= 15 is 0 Å². The SMILES string of the molecule is Cc1ccc2nc(-c3ccccc3)c(CSc3nnnn3C[C@H]3CCCO3)n2c1. The number of benzene rings is 1. The van der Waals surface area contributed by atoms with Crippen molar-refractivity contribution in [3.8, 4) is 11.3 Å². The summed E-state index contributed by atoms with van der Waals surface area (Å²) in [7, 11) is 0. The summed E-state index contributed by atoms with van der Waals surface area (Å²) in [5.74, 6) is 0.723. The third kappa shape index (κ3) is 3.77. The molecule has 148 valence electrons. The monoisotopic (exact) mass is 406 g/mol. The minimum Gasteiger partial charge on any atom is -0.376 e. The molecular formula is C21H22N6OS. The molecule has 4 heterocycles. The molecule has 1 fully saturated rings. The maximum Gasteiger partial charge on any atom is 0.209 e. The van der Waals surface area contributed by atoms with Gasteiger partial charge in [0.15, 0.2) is 0 Å². The van der Waals surface area contributed by atoms with Crippen LogP contribution in [0, 0.1) is 6.92 Å². The van der Waals surface area contributed by atoms with E-state index in [4.69, 9.17) is 9.72 Å². The third-order valence-corrected chi connectivity index (χ3v) is 6.12. The Morgan fingerprint density at radius 3 is 2.90 bits per heavy atom. The Labute approximate surface area is 173 Å². The first-order valence-electron chi connectivity index (χ1n) is 9.81. The Balaban J connectivity index is 1.46. The van der Waals surface area contributed by atoms with Gasteiger partial charge in [0.05, 0.1) is 24.0 Å². The van der Waals surface area contributed by atoms with Gasteiger partial charge < -0.3 is 9.14 Å². The van der Waals surface area contributed by atoms with E-state index in [2.05, 4.69) is 57.3 Å². The van der Waals surface area contributed by atoms with Gasteiger partial charge in [-0.15, -0.1) is 5.10 Å². The highest BCUT2D eigenvalue weighted by atomic mass is 32.2. The summed E-state index contributed by atoms with van der Waals surface area (Å²) >= 11 is 1.63. The molecule has 4 aromatic rings. The minimum absolute atomic E-state index is 0.205. The largest absolute Gasteiger partial charge is 0.376 e. The number of hydrogen-bond acceptors (Lipinski definition) is 6. The highest BCUT2D eigenvalue weighted by Crippen LogP contribution is 2.30. The van der Waals surface area contributed by atoms with Crippen LogP contribution in [0.4, 0.5) is 0 Å². The lowest BCUT2D eigenvalue weighted by molar-refractivity contribution is 0.0912. The first kappa shape index (κ1) is 18.3. The molecule has 0 N–H and O–H groups in total. The summed E-state index contributed by atoms with van der Waals surface area (Å²) in [6.45, 7) is 3.63. The van der Waals surface area contributed by atoms with E-state index in [0.29, 0.717) is 6.54 Å². The van der Waals surface area contributed by atoms with Crippen LogP contribution in [0.15, 0.2) is 53.8 Å². The van der Waals surface area contributed by atoms with Gasteiger partial charge in [-0.05, 0) is 41.8 Å². The normalized spacial score (nSPS) is 16.7. The van der Waals surface area contributed by atoms with Crippen molar-refractivity contribution in [2.75, 3.05) is 6.61 Å². The van der Waals surface area contributed by atoms with E-state index in [0.717, 1.165) is 53.0 Å². The molecule has 0 saturated carbocycles. The van der Waals surface area contributed by atoms with Gasteiger partial charge in [-0.3, -0.25) is 0 Å². The molecule has 1 atom stereocenters. The van der Waals surface area contributed by atoms with Crippen LogP contribution >= 0.6 is 11.8 Å². The van der Waals surface area contributed by atoms with Gasteiger partial charge in [-0.2, -0.15) is 0 Å². The first-order chi connectivity index (χ1) is 14.3. The van der Waals surface area contributed by atoms with Crippen LogP contribution in [0.5, 0.6) is 0 Å². The number of pyridine rings is 1. The Bertz CT molecular complexity index is 1120. The molecular weight excluding hydrogens is 384 g/mol. The quantitative estimate of drug-likeness (QED) is 0.454. The van der Waals surface area contributed by atoms with Gasteiger partial charge in [-0.25, -0.2) is 9.67 Å². The van der Waals surface area contributed by atoms with Gasteiger partial charge in [-0.1, -0.05) is 48.2 Å². The summed E-state index contributed by atoms with van der Waals surface area (Å²) in [6.07, 6.45) is 4.52. The average Bonchev–Trinajstić information content (AvgIpc) is 3.48. The van der Waals surface area contributed by atoms with E-state index in [-0.39, 0.29) is 6.10 Å². The minimum atomic E-state index is 0.205. The molecule has 0 spiro atoms. The lowest BCUT2D eigenvalue weighted by atomic mass is 10.1. The highest BCUT2D eigenvalue weighted by Gasteiger charge is 2.20. The van der Waals surface area contributed by atoms with Crippen LogP contribution in [-0.2, 0) is 17.0 Å². The lowest BCUT2D eigenvalue weighted by Gasteiger charge is -2.10. The van der Waals surface area contributed by atoms with E-state index in [9.17, 15) is 0 Å². The second kappa shape index (κ2) is 7.96. The van der Waals surface area contributed by atoms with E-state index in [1.54, 1.807) is 11.8 Å². The van der Waals surface area contributed by atoms with Crippen molar-refractivity contribution in [1.82, 2.24) is 29.6 Å². The molecule has 0 radical (unpaired) electrons. The van der Waals surface area contributed by atoms with Crippen LogP contribution in [0.2, 0.25) is 0 Å². The van der Waals surface area contributed by atoms with Gasteiger partial charge >= 0.3 is 0 Å². The van der Waals surface area contributed by atoms with Crippen molar-refractivity contribution in [2.24, 2.45) is 0 Å². The smallest absolute Gasteiger partial charge is 0.209 e. The predicted molar refractivity (Wildman–Crippen MR) is 112 cm³/mol. The zero-order valence-electron chi connectivity index (χ0n) is 16.2. The van der Waals surface area contributed by atoms with Crippen LogP contribution in [0.25, 0.3) is 16.9 Å². The Kier molecular flexibility index (Phi) is 5.03. The Hall–Kier alpha value is -2.71. The number of aryl methyl sites for hydroxylation is 1. The summed E-state index contributed by atoms with van der Waals surface area (Å²) < 4.78 is 9.78. The molecule has 1 aromatic carbocycles. The molecule has 29 heavy (non-hydrogen) atoms. The fraction of sp³-hybridized carbons (Fsp3) is 0.333. The van der Waals surface area contributed by atoms with Crippen molar-refractivity contribution < 1.29 is 4.74 Å². The number of hydrogen-bond donors (Lipinski definition) is 0. The lowest BCUT2D eigenvalue weighted by Crippen LogP contribution is -2.16. The molecule has 0 aliphatic carbocycles. The molecule has 7 nitrogen and oxygen atoms in total. The average molecular weight is 407 g/mol. The van der Waals surface area contributed by atoms with Crippen molar-refractivity contribution in [1.29, 1.82) is 0 Å². The fourth-order valence-electron chi connectivity index (χ4n) is 3.69. The summed E-state index contributed by atoms with van der Waals surface area (Å²) in [5.41, 5.74) is 5.41. The van der Waals surface area contributed by atoms with Gasteiger partial charge in [0.25, 0.3) is 0 Å². The van der Waals surface area contributed by atoms with Crippen molar-refractivity contribution in [3.63, 3.8) is 0 Å². The zero-order chi connectivity index (χ0) is 19.6. The van der Waals surface area contributed by atoms with Crippen molar-refractivity contribution in [2.45, 2.75) is 43.3 Å². The van der Waals surface area contributed by atoms with Gasteiger partial charge in [0.2, 0.25) is 5.16 Å². The van der Waals surface area contributed by atoms with E-state index in [1.807, 2.05) is 22.9 Å². The molecule has 1 aliphatic heterocycles. The van der Waals surface area contributed by atoms with E-state index in [1.165, 1.54) is 5.56 Å². The second-order valence-corrected chi connectivity index (χ2v) is 8.22. The number of tetrazole rings is 1. The number of imidazole rings is 1. The van der Waals surface area contributed by atoms with Gasteiger partial charge in [0.1, 0.15) is 5.65 Å². The maximum absolute atomic E-state index is 5.74. The highest BCUT2D eigenvalue weighted by molar-refractivity contribution is 7.98. The zero-order valence-corrected chi connectivity index (χ0v) is 17.0. The molecule has 0 unspecified atom stereocenters. The molecule has 8 heteroatoms. The Morgan fingerprint density at radius 1 is 1.17 bits per heavy atom. The predicted octanol–water partition coefficient (Wildman–Crippen LogP) is 3.77. The van der Waals surface area contributed by atoms with Crippen molar-refractivity contribution in [3.05, 3.63) is 59.9 Å². The third-order valence-electron chi connectivity index (χ3n) is 5.15. The van der Waals surface area contributed by atoms with Crippen LogP contribution < -0.4 is 0 Å². The molecule has 5 rings (SSSR count). The number of nitrogens with zero attached hydrogens (tertiary/aromatic N) is 6. The van der Waals surface area contributed by atoms with Gasteiger partial charge in [0, 0.05) is 24.1 Å². The number of ether oxygens (including phenoxy) is 1. The van der Waals surface area contributed by atoms with E-state index < -0.39 is 0 Å².